The molecule has 0 spiro atoms. The van der Waals surface area contributed by atoms with Gasteiger partial charge in [-0.2, -0.15) is 5.26 Å². The molecule has 7 heteroatoms. The van der Waals surface area contributed by atoms with Gasteiger partial charge in [0, 0.05) is 34.9 Å². The molecule has 1 aliphatic heterocycles. The van der Waals surface area contributed by atoms with Crippen molar-refractivity contribution in [3.05, 3.63) is 69.9 Å². The molecule has 0 radical (unpaired) electrons. The number of hydrogen-bond acceptors (Lipinski definition) is 6. The van der Waals surface area contributed by atoms with Gasteiger partial charge >= 0.3 is 0 Å². The highest BCUT2D eigenvalue weighted by Gasteiger charge is 2.42. The van der Waals surface area contributed by atoms with E-state index in [1.54, 1.807) is 18.2 Å². The molecule has 2 aromatic carbocycles. The second-order valence-corrected chi connectivity index (χ2v) is 7.86. The van der Waals surface area contributed by atoms with Gasteiger partial charge in [0.05, 0.1) is 13.2 Å². The SMILES string of the molecule is COc1cc(C2C3=C(CCCC3=O)OC(=N)C2C#N)ccc1OCc1ccccc1Cl. The standard InChI is InChI=1S/C24H21ClN2O4/c1-29-21-11-14(9-10-19(21)30-13-15-5-2-3-6-17(15)25)22-16(12-26)24(27)31-20-8-4-7-18(28)23(20)22/h2-3,5-6,9-11,16,22,27H,4,7-8,13H2,1H3. The third kappa shape index (κ3) is 4.01. The van der Waals surface area contributed by atoms with E-state index in [0.717, 1.165) is 5.56 Å². The number of benzene rings is 2. The quantitative estimate of drug-likeness (QED) is 0.698. The first-order valence-corrected chi connectivity index (χ1v) is 10.4. The molecule has 6 nitrogen and oxygen atoms in total. The van der Waals surface area contributed by atoms with Crippen LogP contribution in [0.15, 0.2) is 53.8 Å². The molecule has 1 N–H and O–H groups in total. The topological polar surface area (TPSA) is 92.4 Å². The molecule has 1 aliphatic carbocycles. The van der Waals surface area contributed by atoms with E-state index in [2.05, 4.69) is 6.07 Å². The lowest BCUT2D eigenvalue weighted by Gasteiger charge is -2.34. The van der Waals surface area contributed by atoms with Crippen LogP contribution in [0.1, 0.15) is 36.3 Å². The molecular weight excluding hydrogens is 416 g/mol. The van der Waals surface area contributed by atoms with Crippen molar-refractivity contribution in [2.45, 2.75) is 31.8 Å². The Morgan fingerprint density at radius 2 is 2.03 bits per heavy atom. The maximum absolute atomic E-state index is 12.7. The summed E-state index contributed by atoms with van der Waals surface area (Å²) in [5.74, 6) is -0.0941. The largest absolute Gasteiger partial charge is 0.493 e. The Kier molecular flexibility index (Phi) is 5.97. The lowest BCUT2D eigenvalue weighted by molar-refractivity contribution is -0.116. The molecule has 2 unspecified atom stereocenters. The summed E-state index contributed by atoms with van der Waals surface area (Å²) in [5.41, 5.74) is 2.06. The number of rotatable bonds is 5. The van der Waals surface area contributed by atoms with Gasteiger partial charge in [0.1, 0.15) is 18.3 Å². The van der Waals surface area contributed by atoms with Crippen molar-refractivity contribution < 1.29 is 19.0 Å². The average molecular weight is 437 g/mol. The van der Waals surface area contributed by atoms with E-state index in [1.165, 1.54) is 7.11 Å². The van der Waals surface area contributed by atoms with Crippen molar-refractivity contribution in [1.29, 1.82) is 10.7 Å². The molecule has 0 saturated carbocycles. The predicted octanol–water partition coefficient (Wildman–Crippen LogP) is 5.17. The molecule has 0 fully saturated rings. The summed E-state index contributed by atoms with van der Waals surface area (Å²) >= 11 is 6.20. The van der Waals surface area contributed by atoms with Crippen LogP contribution in [0.3, 0.4) is 0 Å². The van der Waals surface area contributed by atoms with Crippen LogP contribution in [-0.2, 0) is 16.1 Å². The van der Waals surface area contributed by atoms with Gasteiger partial charge in [0.2, 0.25) is 5.90 Å². The van der Waals surface area contributed by atoms with Crippen molar-refractivity contribution >= 4 is 23.3 Å². The number of ketones is 1. The number of hydrogen-bond donors (Lipinski definition) is 1. The number of allylic oxidation sites excluding steroid dienone is 2. The summed E-state index contributed by atoms with van der Waals surface area (Å²) in [5, 5.41) is 18.5. The highest BCUT2D eigenvalue weighted by atomic mass is 35.5. The van der Waals surface area contributed by atoms with Crippen LogP contribution in [0, 0.1) is 22.7 Å². The molecule has 2 aromatic rings. The maximum Gasteiger partial charge on any atom is 0.205 e. The van der Waals surface area contributed by atoms with Gasteiger partial charge in [-0.3, -0.25) is 10.2 Å². The fourth-order valence-electron chi connectivity index (χ4n) is 4.06. The fourth-order valence-corrected chi connectivity index (χ4v) is 4.25. The van der Waals surface area contributed by atoms with Crippen LogP contribution in [-0.4, -0.2) is 18.8 Å². The molecular formula is C24H21ClN2O4. The number of nitrogens with zero attached hydrogens (tertiary/aromatic N) is 1. The lowest BCUT2D eigenvalue weighted by atomic mass is 9.74. The number of nitrogens with one attached hydrogen (secondary N) is 1. The van der Waals surface area contributed by atoms with Gasteiger partial charge in [0.25, 0.3) is 0 Å². The third-order valence-corrected chi connectivity index (χ3v) is 5.96. The van der Waals surface area contributed by atoms with Crippen molar-refractivity contribution in [3.63, 3.8) is 0 Å². The highest BCUT2D eigenvalue weighted by Crippen LogP contribution is 2.45. The van der Waals surface area contributed by atoms with Gasteiger partial charge in [-0.25, -0.2) is 0 Å². The zero-order valence-electron chi connectivity index (χ0n) is 17.0. The van der Waals surface area contributed by atoms with Crippen molar-refractivity contribution in [1.82, 2.24) is 0 Å². The summed E-state index contributed by atoms with van der Waals surface area (Å²) < 4.78 is 17.0. The predicted molar refractivity (Wildman–Crippen MR) is 115 cm³/mol. The van der Waals surface area contributed by atoms with Gasteiger partial charge in [0.15, 0.2) is 17.3 Å². The first-order valence-electron chi connectivity index (χ1n) is 9.99. The average Bonchev–Trinajstić information content (AvgIpc) is 2.77. The van der Waals surface area contributed by atoms with Crippen LogP contribution in [0.4, 0.5) is 0 Å². The maximum atomic E-state index is 12.7. The van der Waals surface area contributed by atoms with Crippen molar-refractivity contribution in [2.75, 3.05) is 7.11 Å². The number of nitriles is 1. The van der Waals surface area contributed by atoms with Crippen LogP contribution in [0.2, 0.25) is 5.02 Å². The summed E-state index contributed by atoms with van der Waals surface area (Å²) in [6, 6.07) is 14.9. The molecule has 0 bridgehead atoms. The van der Waals surface area contributed by atoms with E-state index in [9.17, 15) is 10.1 Å². The number of carbonyl (C=O) groups is 1. The number of Topliss-reactive ketones (excluding diaryl/α,β-unsaturated/α-hetero) is 1. The smallest absolute Gasteiger partial charge is 0.205 e. The van der Waals surface area contributed by atoms with E-state index >= 15 is 0 Å². The van der Waals surface area contributed by atoms with Crippen molar-refractivity contribution in [3.8, 4) is 17.6 Å². The number of methoxy groups -OCH3 is 1. The Morgan fingerprint density at radius 1 is 1.23 bits per heavy atom. The Hall–Kier alpha value is -3.30. The minimum Gasteiger partial charge on any atom is -0.493 e. The number of carbonyl (C=O) groups excluding carboxylic acids is 1. The lowest BCUT2D eigenvalue weighted by Crippen LogP contribution is -2.34. The summed E-state index contributed by atoms with van der Waals surface area (Å²) in [4.78, 5) is 12.7. The Bertz CT molecular complexity index is 1120. The summed E-state index contributed by atoms with van der Waals surface area (Å²) in [6.45, 7) is 0.270. The van der Waals surface area contributed by atoms with Crippen LogP contribution in [0.5, 0.6) is 11.5 Å². The van der Waals surface area contributed by atoms with Crippen LogP contribution in [0.25, 0.3) is 0 Å². The van der Waals surface area contributed by atoms with Gasteiger partial charge < -0.3 is 14.2 Å². The minimum atomic E-state index is -0.875. The highest BCUT2D eigenvalue weighted by molar-refractivity contribution is 6.31. The summed E-state index contributed by atoms with van der Waals surface area (Å²) in [7, 11) is 1.53. The molecule has 0 aromatic heterocycles. The molecule has 4 rings (SSSR count). The van der Waals surface area contributed by atoms with E-state index in [-0.39, 0.29) is 18.3 Å². The first-order chi connectivity index (χ1) is 15.0. The number of halogens is 1. The Balaban J connectivity index is 1.68. The molecule has 1 heterocycles. The molecule has 158 valence electrons. The molecule has 2 atom stereocenters. The monoisotopic (exact) mass is 436 g/mol. The van der Waals surface area contributed by atoms with Crippen molar-refractivity contribution in [2.24, 2.45) is 5.92 Å². The number of ether oxygens (including phenoxy) is 3. The fraction of sp³-hybridized carbons (Fsp3) is 0.292. The second-order valence-electron chi connectivity index (χ2n) is 7.45. The van der Waals surface area contributed by atoms with Gasteiger partial charge in [-0.1, -0.05) is 35.9 Å². The van der Waals surface area contributed by atoms with Crippen LogP contribution < -0.4 is 9.47 Å². The molecule has 0 amide bonds. The normalized spacial score (nSPS) is 20.5. The molecule has 0 saturated heterocycles. The zero-order chi connectivity index (χ0) is 22.0. The van der Waals surface area contributed by atoms with E-state index in [0.29, 0.717) is 52.7 Å². The van der Waals surface area contributed by atoms with E-state index in [1.807, 2.05) is 24.3 Å². The van der Waals surface area contributed by atoms with Gasteiger partial charge in [-0.15, -0.1) is 0 Å². The van der Waals surface area contributed by atoms with Gasteiger partial charge in [-0.05, 0) is 30.2 Å². The summed E-state index contributed by atoms with van der Waals surface area (Å²) in [6.07, 6.45) is 1.70. The molecule has 2 aliphatic rings. The Morgan fingerprint density at radius 3 is 2.77 bits per heavy atom. The second kappa shape index (κ2) is 8.83. The van der Waals surface area contributed by atoms with E-state index < -0.39 is 11.8 Å². The van der Waals surface area contributed by atoms with Crippen LogP contribution >= 0.6 is 11.6 Å². The minimum absolute atomic E-state index is 0.0305. The Labute approximate surface area is 185 Å². The first kappa shape index (κ1) is 21.0. The van der Waals surface area contributed by atoms with E-state index in [4.69, 9.17) is 31.2 Å². The molecule has 31 heavy (non-hydrogen) atoms. The third-order valence-electron chi connectivity index (χ3n) is 5.60. The zero-order valence-corrected chi connectivity index (χ0v) is 17.7.